The van der Waals surface area contributed by atoms with Crippen LogP contribution >= 0.6 is 12.6 Å². The lowest BCUT2D eigenvalue weighted by atomic mass is 10.1. The fourth-order valence-electron chi connectivity index (χ4n) is 1.14. The van der Waals surface area contributed by atoms with Gasteiger partial charge in [0.2, 0.25) is 0 Å². The molecule has 0 aliphatic carbocycles. The summed E-state index contributed by atoms with van der Waals surface area (Å²) in [6.45, 7) is 8.80. The van der Waals surface area contributed by atoms with Crippen LogP contribution in [0.2, 0.25) is 0 Å². The van der Waals surface area contributed by atoms with E-state index >= 15 is 0 Å². The highest BCUT2D eigenvalue weighted by Gasteiger charge is 2.01. The molecule has 0 spiro atoms. The molecule has 0 saturated heterocycles. The molecule has 0 saturated carbocycles. The molecule has 0 amide bonds. The van der Waals surface area contributed by atoms with Crippen LogP contribution in [-0.4, -0.2) is 18.1 Å². The first-order chi connectivity index (χ1) is 8.19. The zero-order valence-corrected chi connectivity index (χ0v) is 12.1. The number of benzene rings is 1. The zero-order chi connectivity index (χ0) is 13.1. The first kappa shape index (κ1) is 16.0. The molecule has 0 unspecified atom stereocenters. The standard InChI is InChI=1S/C11H15NOS.C3H8/c1-3-13-12-11(8-14)10-6-4-5-9(2)7-10;1-3-2/h4-7,14H,3,8H2,1-2H3;3H2,1-2H3/b12-11+;. The van der Waals surface area contributed by atoms with Crippen LogP contribution in [0.1, 0.15) is 38.3 Å². The number of aryl methyl sites for hydroxylation is 1. The van der Waals surface area contributed by atoms with Crippen LogP contribution in [0.25, 0.3) is 0 Å². The summed E-state index contributed by atoms with van der Waals surface area (Å²) >= 11 is 4.22. The molecule has 17 heavy (non-hydrogen) atoms. The van der Waals surface area contributed by atoms with Crippen LogP contribution in [0.3, 0.4) is 0 Å². The van der Waals surface area contributed by atoms with Crippen molar-refractivity contribution in [2.24, 2.45) is 5.16 Å². The van der Waals surface area contributed by atoms with Crippen LogP contribution in [0.5, 0.6) is 0 Å². The maximum Gasteiger partial charge on any atom is 0.114 e. The fourth-order valence-corrected chi connectivity index (χ4v) is 1.38. The maximum absolute atomic E-state index is 5.02. The molecule has 0 aromatic heterocycles. The van der Waals surface area contributed by atoms with Crippen molar-refractivity contribution >= 4 is 18.3 Å². The van der Waals surface area contributed by atoms with Crippen molar-refractivity contribution in [2.45, 2.75) is 34.1 Å². The summed E-state index contributed by atoms with van der Waals surface area (Å²) in [5.74, 6) is 0.587. The van der Waals surface area contributed by atoms with Crippen LogP contribution in [-0.2, 0) is 4.84 Å². The Kier molecular flexibility index (Phi) is 9.63. The van der Waals surface area contributed by atoms with E-state index in [1.165, 1.54) is 12.0 Å². The summed E-state index contributed by atoms with van der Waals surface area (Å²) in [5, 5.41) is 4.01. The van der Waals surface area contributed by atoms with E-state index in [1.54, 1.807) is 0 Å². The number of hydrogen-bond acceptors (Lipinski definition) is 3. The number of hydrogen-bond donors (Lipinski definition) is 1. The topological polar surface area (TPSA) is 21.6 Å². The summed E-state index contributed by atoms with van der Waals surface area (Å²) in [4.78, 5) is 5.02. The van der Waals surface area contributed by atoms with E-state index < -0.39 is 0 Å². The third-order valence-corrected chi connectivity index (χ3v) is 2.10. The molecule has 1 aromatic rings. The second-order valence-electron chi connectivity index (χ2n) is 3.69. The van der Waals surface area contributed by atoms with Crippen LogP contribution < -0.4 is 0 Å². The molecule has 1 aromatic carbocycles. The third-order valence-electron chi connectivity index (χ3n) is 1.80. The SMILES string of the molecule is CCC.CCO/N=C(\CS)c1cccc(C)c1. The average Bonchev–Trinajstić information content (AvgIpc) is 2.31. The van der Waals surface area contributed by atoms with Gasteiger partial charge in [-0.1, -0.05) is 55.3 Å². The Morgan fingerprint density at radius 2 is 1.94 bits per heavy atom. The molecule has 0 radical (unpaired) electrons. The molecule has 0 N–H and O–H groups in total. The van der Waals surface area contributed by atoms with Gasteiger partial charge in [-0.2, -0.15) is 12.6 Å². The number of rotatable bonds is 4. The Morgan fingerprint density at radius 3 is 2.41 bits per heavy atom. The minimum absolute atomic E-state index is 0.586. The van der Waals surface area contributed by atoms with Gasteiger partial charge in [0.15, 0.2) is 0 Å². The minimum Gasteiger partial charge on any atom is -0.396 e. The van der Waals surface area contributed by atoms with Gasteiger partial charge >= 0.3 is 0 Å². The number of thiol groups is 1. The Balaban J connectivity index is 0.000000770. The molecule has 0 aliphatic heterocycles. The zero-order valence-electron chi connectivity index (χ0n) is 11.2. The molecule has 0 bridgehead atoms. The molecule has 0 heterocycles. The van der Waals surface area contributed by atoms with E-state index in [0.29, 0.717) is 12.4 Å². The predicted molar refractivity (Wildman–Crippen MR) is 79.2 cm³/mol. The van der Waals surface area contributed by atoms with Gasteiger partial charge in [-0.25, -0.2) is 0 Å². The Morgan fingerprint density at radius 1 is 1.29 bits per heavy atom. The minimum atomic E-state index is 0.586. The van der Waals surface area contributed by atoms with Crippen molar-refractivity contribution in [1.82, 2.24) is 0 Å². The smallest absolute Gasteiger partial charge is 0.114 e. The quantitative estimate of drug-likeness (QED) is 0.487. The Bertz CT molecular complexity index is 337. The molecular formula is C14H23NOS. The second kappa shape index (κ2) is 10.2. The molecule has 1 rings (SSSR count). The lowest BCUT2D eigenvalue weighted by molar-refractivity contribution is 0.159. The van der Waals surface area contributed by atoms with Crippen molar-refractivity contribution in [2.75, 3.05) is 12.4 Å². The van der Waals surface area contributed by atoms with Crippen molar-refractivity contribution in [1.29, 1.82) is 0 Å². The first-order valence-electron chi connectivity index (χ1n) is 6.06. The van der Waals surface area contributed by atoms with E-state index in [1.807, 2.05) is 19.1 Å². The van der Waals surface area contributed by atoms with Crippen LogP contribution in [0.4, 0.5) is 0 Å². The second-order valence-corrected chi connectivity index (χ2v) is 4.01. The van der Waals surface area contributed by atoms with Gasteiger partial charge in [-0.15, -0.1) is 0 Å². The highest BCUT2D eigenvalue weighted by molar-refractivity contribution is 7.81. The summed E-state index contributed by atoms with van der Waals surface area (Å²) in [5.41, 5.74) is 3.17. The van der Waals surface area contributed by atoms with Crippen molar-refractivity contribution in [3.63, 3.8) is 0 Å². The van der Waals surface area contributed by atoms with Gasteiger partial charge in [0.05, 0.1) is 5.71 Å². The fraction of sp³-hybridized carbons (Fsp3) is 0.500. The molecule has 0 aliphatic rings. The molecule has 96 valence electrons. The third kappa shape index (κ3) is 7.05. The largest absolute Gasteiger partial charge is 0.396 e. The molecule has 2 nitrogen and oxygen atoms in total. The molecule has 3 heteroatoms. The normalized spacial score (nSPS) is 10.5. The molecular weight excluding hydrogens is 230 g/mol. The lowest BCUT2D eigenvalue weighted by Gasteiger charge is -2.03. The summed E-state index contributed by atoms with van der Waals surface area (Å²) < 4.78 is 0. The van der Waals surface area contributed by atoms with Gasteiger partial charge in [-0.3, -0.25) is 0 Å². The van der Waals surface area contributed by atoms with Crippen molar-refractivity contribution in [3.05, 3.63) is 35.4 Å². The predicted octanol–water partition coefficient (Wildman–Crippen LogP) is 4.08. The van der Waals surface area contributed by atoms with Gasteiger partial charge < -0.3 is 4.84 Å². The van der Waals surface area contributed by atoms with E-state index in [4.69, 9.17) is 4.84 Å². The Labute approximate surface area is 110 Å². The highest BCUT2D eigenvalue weighted by Crippen LogP contribution is 2.07. The van der Waals surface area contributed by atoms with Crippen LogP contribution in [0.15, 0.2) is 29.4 Å². The maximum atomic E-state index is 5.02. The van der Waals surface area contributed by atoms with E-state index in [2.05, 4.69) is 50.7 Å². The summed E-state index contributed by atoms with van der Waals surface area (Å²) in [6, 6.07) is 8.16. The van der Waals surface area contributed by atoms with Gasteiger partial charge in [-0.05, 0) is 13.8 Å². The number of oxime groups is 1. The van der Waals surface area contributed by atoms with Crippen molar-refractivity contribution in [3.8, 4) is 0 Å². The van der Waals surface area contributed by atoms with Crippen LogP contribution in [0, 0.1) is 6.92 Å². The monoisotopic (exact) mass is 253 g/mol. The molecule has 0 fully saturated rings. The Hall–Kier alpha value is -0.960. The van der Waals surface area contributed by atoms with Gasteiger partial charge in [0.1, 0.15) is 6.61 Å². The number of nitrogens with zero attached hydrogens (tertiary/aromatic N) is 1. The first-order valence-corrected chi connectivity index (χ1v) is 6.69. The van der Waals surface area contributed by atoms with Gasteiger partial charge in [0.25, 0.3) is 0 Å². The summed E-state index contributed by atoms with van der Waals surface area (Å²) in [6.07, 6.45) is 1.25. The lowest BCUT2D eigenvalue weighted by Crippen LogP contribution is -2.04. The van der Waals surface area contributed by atoms with Gasteiger partial charge in [0, 0.05) is 11.3 Å². The van der Waals surface area contributed by atoms with E-state index in [9.17, 15) is 0 Å². The molecule has 0 atom stereocenters. The average molecular weight is 253 g/mol. The van der Waals surface area contributed by atoms with E-state index in [0.717, 1.165) is 11.3 Å². The highest BCUT2D eigenvalue weighted by atomic mass is 32.1. The van der Waals surface area contributed by atoms with E-state index in [-0.39, 0.29) is 0 Å². The van der Waals surface area contributed by atoms with Crippen molar-refractivity contribution < 1.29 is 4.84 Å². The summed E-state index contributed by atoms with van der Waals surface area (Å²) in [7, 11) is 0.